The third-order valence-corrected chi connectivity index (χ3v) is 13.9. The minimum Gasteiger partial charge on any atom is -0.458 e. The van der Waals surface area contributed by atoms with Crippen LogP contribution in [0.1, 0.15) is 19.4 Å². The molecule has 0 aliphatic carbocycles. The van der Waals surface area contributed by atoms with Crippen molar-refractivity contribution in [3.05, 3.63) is 163 Å². The van der Waals surface area contributed by atoms with E-state index in [1.54, 1.807) is 4.40 Å². The number of pyridine rings is 2. The van der Waals surface area contributed by atoms with Crippen LogP contribution in [0.15, 0.2) is 150 Å². The summed E-state index contributed by atoms with van der Waals surface area (Å²) in [5, 5.41) is 1.97. The third kappa shape index (κ3) is 8.13. The Hall–Kier alpha value is -5.14. The van der Waals surface area contributed by atoms with E-state index in [2.05, 4.69) is 103 Å². The van der Waals surface area contributed by atoms with Gasteiger partial charge < -0.3 is 8.98 Å². The van der Waals surface area contributed by atoms with Gasteiger partial charge in [0.05, 0.1) is 28.1 Å². The number of aromatic nitrogens is 4. The number of furan rings is 1. The molecular formula is C48H42GeIrN4O-2. The molecule has 7 heteroatoms. The number of hydrogen-bond acceptors (Lipinski definition) is 4. The smallest absolute Gasteiger partial charge is 0.216 e. The molecule has 1 radical (unpaired) electrons. The van der Waals surface area contributed by atoms with E-state index in [9.17, 15) is 0 Å². The third-order valence-electron chi connectivity index (χ3n) is 9.57. The molecule has 5 aromatic carbocycles. The predicted molar refractivity (Wildman–Crippen MR) is 226 cm³/mol. The molecule has 0 atom stereocenters. The fourth-order valence-corrected chi connectivity index (χ4v) is 10.4. The van der Waals surface area contributed by atoms with Crippen LogP contribution in [-0.2, 0) is 26.5 Å². The molecule has 4 aromatic heterocycles. The summed E-state index contributed by atoms with van der Waals surface area (Å²) in [6.07, 6.45) is 3.27. The molecule has 0 spiro atoms. The van der Waals surface area contributed by atoms with Crippen LogP contribution in [0.3, 0.4) is 0 Å². The molecule has 0 aliphatic rings. The van der Waals surface area contributed by atoms with Gasteiger partial charge in [-0.1, -0.05) is 78.2 Å². The number of nitrogens with zero attached hydrogens (tertiary/aromatic N) is 4. The SMILES string of the molecule is CC(C)Cc1cc(-c2[c-]cccc2)nc[c]1[Ge]([CH3])([CH3])[CH3].[Ir].[c-]1cc2c(cc1-c1nc3ccccc3n1-c1ccccc1)oc1nc(-c3ccccc3)ccc12. The van der Waals surface area contributed by atoms with Gasteiger partial charge in [0.2, 0.25) is 5.71 Å². The average molecular weight is 956 g/mol. The Morgan fingerprint density at radius 1 is 0.709 bits per heavy atom. The van der Waals surface area contributed by atoms with Gasteiger partial charge in [-0.05, 0) is 30.3 Å². The summed E-state index contributed by atoms with van der Waals surface area (Å²) in [4.78, 5) is 14.4. The summed E-state index contributed by atoms with van der Waals surface area (Å²) in [6.45, 7) is 4.57. The van der Waals surface area contributed by atoms with E-state index in [4.69, 9.17) is 19.4 Å². The van der Waals surface area contributed by atoms with E-state index in [-0.39, 0.29) is 20.1 Å². The zero-order valence-electron chi connectivity index (χ0n) is 31.7. The van der Waals surface area contributed by atoms with E-state index in [0.29, 0.717) is 11.6 Å². The summed E-state index contributed by atoms with van der Waals surface area (Å²) in [5.41, 5.74) is 10.9. The van der Waals surface area contributed by atoms with Crippen molar-refractivity contribution < 1.29 is 24.5 Å². The first-order valence-electron chi connectivity index (χ1n) is 18.5. The van der Waals surface area contributed by atoms with Gasteiger partial charge in [-0.2, -0.15) is 0 Å². The Morgan fingerprint density at radius 3 is 2.16 bits per heavy atom. The van der Waals surface area contributed by atoms with Gasteiger partial charge in [-0.15, -0.1) is 17.7 Å². The summed E-state index contributed by atoms with van der Waals surface area (Å²) >= 11 is -1.86. The Balaban J connectivity index is 0.000000191. The van der Waals surface area contributed by atoms with Crippen molar-refractivity contribution in [1.82, 2.24) is 19.5 Å². The molecule has 0 unspecified atom stereocenters. The zero-order chi connectivity index (χ0) is 37.2. The van der Waals surface area contributed by atoms with Crippen molar-refractivity contribution in [2.45, 2.75) is 37.5 Å². The van der Waals surface area contributed by atoms with Gasteiger partial charge in [-0.3, -0.25) is 4.98 Å². The van der Waals surface area contributed by atoms with Crippen LogP contribution in [0.4, 0.5) is 0 Å². The van der Waals surface area contributed by atoms with Crippen LogP contribution in [0.2, 0.25) is 17.3 Å². The number of rotatable bonds is 7. The first kappa shape index (κ1) is 38.1. The minimum absolute atomic E-state index is 0. The fraction of sp³-hybridized carbons (Fsp3) is 0.146. The van der Waals surface area contributed by atoms with Gasteiger partial charge in [0.25, 0.3) is 0 Å². The number of hydrogen-bond donors (Lipinski definition) is 0. The van der Waals surface area contributed by atoms with Crippen LogP contribution in [0, 0.1) is 18.1 Å². The summed E-state index contributed by atoms with van der Waals surface area (Å²) in [6, 6.07) is 53.8. The predicted octanol–water partition coefficient (Wildman–Crippen LogP) is 11.7. The Labute approximate surface area is 339 Å². The molecule has 0 aliphatic heterocycles. The average Bonchev–Trinajstić information content (AvgIpc) is 3.76. The largest absolute Gasteiger partial charge is 0.458 e. The molecule has 4 heterocycles. The summed E-state index contributed by atoms with van der Waals surface area (Å²) < 4.78 is 9.94. The number of benzene rings is 5. The quantitative estimate of drug-likeness (QED) is 0.118. The fourth-order valence-electron chi connectivity index (χ4n) is 7.02. The van der Waals surface area contributed by atoms with Crippen molar-refractivity contribution in [3.63, 3.8) is 0 Å². The van der Waals surface area contributed by atoms with Crippen molar-refractivity contribution in [1.29, 1.82) is 0 Å². The maximum Gasteiger partial charge on any atom is 0.216 e. The Morgan fingerprint density at radius 2 is 1.44 bits per heavy atom. The van der Waals surface area contributed by atoms with Crippen LogP contribution in [-0.4, -0.2) is 32.8 Å². The van der Waals surface area contributed by atoms with E-state index < -0.39 is 13.3 Å². The number of para-hydroxylation sites is 3. The first-order chi connectivity index (χ1) is 26.2. The van der Waals surface area contributed by atoms with E-state index in [1.807, 2.05) is 91.0 Å². The maximum atomic E-state index is 6.23. The van der Waals surface area contributed by atoms with E-state index in [0.717, 1.165) is 73.4 Å². The summed E-state index contributed by atoms with van der Waals surface area (Å²) in [5.74, 6) is 8.82. The number of fused-ring (bicyclic) bond motifs is 4. The Kier molecular flexibility index (Phi) is 11.3. The molecule has 9 aromatic rings. The minimum atomic E-state index is -1.86. The topological polar surface area (TPSA) is 56.7 Å². The summed E-state index contributed by atoms with van der Waals surface area (Å²) in [7, 11) is 0. The monoisotopic (exact) mass is 957 g/mol. The van der Waals surface area contributed by atoms with E-state index >= 15 is 0 Å². The second-order valence-corrected chi connectivity index (χ2v) is 25.7. The van der Waals surface area contributed by atoms with Crippen molar-refractivity contribution in [2.75, 3.05) is 0 Å². The number of imidazole rings is 1. The molecule has 0 bridgehead atoms. The molecule has 0 amide bonds. The molecule has 0 N–H and O–H groups in total. The van der Waals surface area contributed by atoms with Gasteiger partial charge in [0, 0.05) is 36.7 Å². The molecule has 0 saturated heterocycles. The van der Waals surface area contributed by atoms with Crippen molar-refractivity contribution in [3.8, 4) is 39.6 Å². The molecule has 5 nitrogen and oxygen atoms in total. The maximum absolute atomic E-state index is 6.23. The molecule has 0 saturated carbocycles. The second-order valence-electron chi connectivity index (χ2n) is 15.1. The van der Waals surface area contributed by atoms with E-state index in [1.165, 1.54) is 5.56 Å². The van der Waals surface area contributed by atoms with Crippen molar-refractivity contribution in [2.24, 2.45) is 5.92 Å². The zero-order valence-corrected chi connectivity index (χ0v) is 36.2. The van der Waals surface area contributed by atoms with Crippen LogP contribution >= 0.6 is 0 Å². The first-order valence-corrected chi connectivity index (χ1v) is 25.9. The molecule has 9 rings (SSSR count). The van der Waals surface area contributed by atoms with Crippen LogP contribution < -0.4 is 4.40 Å². The molecule has 0 fully saturated rings. The van der Waals surface area contributed by atoms with Gasteiger partial charge in [-0.25, -0.2) is 4.98 Å². The Bertz CT molecular complexity index is 2700. The molecule has 55 heavy (non-hydrogen) atoms. The normalized spacial score (nSPS) is 11.5. The van der Waals surface area contributed by atoms with Gasteiger partial charge >= 0.3 is 126 Å². The second kappa shape index (κ2) is 16.3. The van der Waals surface area contributed by atoms with Gasteiger partial charge in [0.15, 0.2) is 0 Å². The standard InChI is InChI=1S/C30H18N3O.C18H24GeN.Ir/c1-3-9-20(10-4-1)25-18-17-24-23-16-15-21(19-28(23)34-30(24)32-25)29-31-26-13-7-8-14-27(26)33(29)22-11-5-2-6-12-22;1-14(2)11-16-12-18(15-9-7-6-8-10-15)20-13-17(16)19(3,4)5;/h1-14,16-19H;6-9,12-14H,11H2,1-5H3;/q2*-1;. The van der Waals surface area contributed by atoms with Crippen molar-refractivity contribution >= 4 is 50.8 Å². The van der Waals surface area contributed by atoms with Gasteiger partial charge in [0.1, 0.15) is 0 Å². The van der Waals surface area contributed by atoms with Crippen LogP contribution in [0.25, 0.3) is 72.7 Å². The van der Waals surface area contributed by atoms with Crippen LogP contribution in [0.5, 0.6) is 0 Å². The molecular weight excluding hydrogens is 913 g/mol. The molecule has 275 valence electrons.